The van der Waals surface area contributed by atoms with E-state index in [0.717, 1.165) is 5.56 Å². The zero-order valence-electron chi connectivity index (χ0n) is 24.6. The molecule has 12 nitrogen and oxygen atoms in total. The molecule has 1 heterocycles. The Morgan fingerprint density at radius 1 is 1.11 bits per heavy atom. The van der Waals surface area contributed by atoms with Crippen LogP contribution in [0.4, 0.5) is 5.69 Å². The molecule has 3 aromatic carbocycles. The maximum Gasteiger partial charge on any atom is 0.266 e. The van der Waals surface area contributed by atoms with Crippen LogP contribution in [0.25, 0.3) is 16.5 Å². The molecule has 0 radical (unpaired) electrons. The Balaban J connectivity index is 1.76. The maximum absolute atomic E-state index is 14.2. The summed E-state index contributed by atoms with van der Waals surface area (Å²) in [6, 6.07) is 23.8. The number of rotatable bonds is 16. The van der Waals surface area contributed by atoms with Crippen LogP contribution in [0.1, 0.15) is 35.6 Å². The van der Waals surface area contributed by atoms with Crippen LogP contribution in [0.3, 0.4) is 0 Å². The molecule has 1 aliphatic rings. The first-order chi connectivity index (χ1) is 21.5. The van der Waals surface area contributed by atoms with Gasteiger partial charge in [0.1, 0.15) is 5.75 Å². The van der Waals surface area contributed by atoms with Crippen LogP contribution in [-0.2, 0) is 19.0 Å². The number of nitrogens with one attached hydrogen (secondary N) is 2. The van der Waals surface area contributed by atoms with E-state index in [4.69, 9.17) is 29.0 Å². The first kappa shape index (κ1) is 32.2. The number of benzene rings is 3. The Bertz CT molecular complexity index is 1470. The molecular formula is C32H36N6O6. The lowest BCUT2D eigenvalue weighted by Crippen LogP contribution is -2.54. The van der Waals surface area contributed by atoms with Crippen LogP contribution in [0.15, 0.2) is 95.0 Å². The fourth-order valence-electron chi connectivity index (χ4n) is 4.67. The molecule has 0 aliphatic carbocycles. The second-order valence-electron chi connectivity index (χ2n) is 9.79. The summed E-state index contributed by atoms with van der Waals surface area (Å²) in [6.45, 7) is 0.586. The van der Waals surface area contributed by atoms with Crippen LogP contribution >= 0.6 is 0 Å². The minimum Gasteiger partial charge on any atom is -0.494 e. The van der Waals surface area contributed by atoms with Gasteiger partial charge in [0, 0.05) is 55.4 Å². The van der Waals surface area contributed by atoms with Crippen LogP contribution in [0.2, 0.25) is 0 Å². The van der Waals surface area contributed by atoms with Crippen molar-refractivity contribution < 1.29 is 28.8 Å². The van der Waals surface area contributed by atoms with Gasteiger partial charge in [-0.05, 0) is 35.4 Å². The molecule has 0 bridgehead atoms. The number of amides is 1. The van der Waals surface area contributed by atoms with E-state index in [1.54, 1.807) is 48.5 Å². The van der Waals surface area contributed by atoms with Crippen molar-refractivity contribution in [1.29, 1.82) is 0 Å². The second-order valence-corrected chi connectivity index (χ2v) is 9.79. The van der Waals surface area contributed by atoms with Gasteiger partial charge in [-0.25, -0.2) is 10.4 Å². The number of carbonyl (C=O) groups is 1. The van der Waals surface area contributed by atoms with E-state index < -0.39 is 23.8 Å². The van der Waals surface area contributed by atoms with E-state index in [2.05, 4.69) is 20.9 Å². The maximum atomic E-state index is 14.2. The number of hydrogen-bond acceptors (Lipinski definition) is 9. The van der Waals surface area contributed by atoms with E-state index in [1.807, 2.05) is 42.5 Å². The number of ether oxygens (including phenoxy) is 4. The smallest absolute Gasteiger partial charge is 0.266 e. The molecule has 230 valence electrons. The zero-order valence-corrected chi connectivity index (χ0v) is 24.6. The topological polar surface area (TPSA) is 159 Å². The van der Waals surface area contributed by atoms with Gasteiger partial charge >= 0.3 is 0 Å². The average Bonchev–Trinajstić information content (AvgIpc) is 3.45. The van der Waals surface area contributed by atoms with E-state index in [9.17, 15) is 10.3 Å². The van der Waals surface area contributed by atoms with Crippen molar-refractivity contribution in [3.63, 3.8) is 0 Å². The number of aliphatic hydroxyl groups excluding tert-OH is 1. The number of aliphatic hydroxyl groups is 1. The van der Waals surface area contributed by atoms with Crippen LogP contribution in [0.5, 0.6) is 5.75 Å². The number of hydrazine groups is 1. The van der Waals surface area contributed by atoms with Crippen molar-refractivity contribution in [2.45, 2.75) is 30.8 Å². The third kappa shape index (κ3) is 8.01. The summed E-state index contributed by atoms with van der Waals surface area (Å²) in [7, 11) is 3.00. The van der Waals surface area contributed by atoms with Gasteiger partial charge in [0.15, 0.2) is 17.9 Å². The molecule has 4 rings (SSSR count). The van der Waals surface area contributed by atoms with Gasteiger partial charge in [0.25, 0.3) is 5.91 Å². The first-order valence-corrected chi connectivity index (χ1v) is 14.1. The summed E-state index contributed by atoms with van der Waals surface area (Å²) < 4.78 is 22.6. The van der Waals surface area contributed by atoms with Crippen molar-refractivity contribution >= 4 is 23.6 Å². The SMILES string of the molecule is COC(CNNC(=O)[C@@]1(C/C=C/c2ccccc2)N=C(c2ccc(OCCCO)cc2)O[C@H]1c1ccccc1N=[N+]=[N-])OC. The predicted octanol–water partition coefficient (Wildman–Crippen LogP) is 4.99. The van der Waals surface area contributed by atoms with Gasteiger partial charge in [-0.1, -0.05) is 71.9 Å². The molecule has 0 aromatic heterocycles. The van der Waals surface area contributed by atoms with Crippen LogP contribution in [-0.4, -0.2) is 62.7 Å². The van der Waals surface area contributed by atoms with Gasteiger partial charge in [-0.3, -0.25) is 10.2 Å². The molecule has 1 amide bonds. The lowest BCUT2D eigenvalue weighted by molar-refractivity contribution is -0.131. The number of aliphatic imine (C=N–C) groups is 1. The molecule has 0 saturated carbocycles. The number of hydrogen-bond donors (Lipinski definition) is 3. The molecule has 2 atom stereocenters. The quantitative estimate of drug-likeness (QED) is 0.0522. The summed E-state index contributed by atoms with van der Waals surface area (Å²) in [6.07, 6.45) is 2.90. The van der Waals surface area contributed by atoms with Crippen LogP contribution in [0, 0.1) is 0 Å². The third-order valence-corrected chi connectivity index (χ3v) is 6.94. The summed E-state index contributed by atoms with van der Waals surface area (Å²) in [5.74, 6) is 0.388. The number of carbonyl (C=O) groups excluding carboxylic acids is 1. The molecule has 3 aromatic rings. The lowest BCUT2D eigenvalue weighted by Gasteiger charge is -2.30. The highest BCUT2D eigenvalue weighted by Gasteiger charge is 2.53. The van der Waals surface area contributed by atoms with Gasteiger partial charge in [-0.2, -0.15) is 0 Å². The van der Waals surface area contributed by atoms with Gasteiger partial charge in [0.05, 0.1) is 13.2 Å². The first-order valence-electron chi connectivity index (χ1n) is 14.1. The van der Waals surface area contributed by atoms with E-state index in [-0.39, 0.29) is 25.5 Å². The Kier molecular flexibility index (Phi) is 11.9. The Labute approximate surface area is 255 Å². The lowest BCUT2D eigenvalue weighted by atomic mass is 9.83. The largest absolute Gasteiger partial charge is 0.494 e. The van der Waals surface area contributed by atoms with Gasteiger partial charge in [0.2, 0.25) is 5.90 Å². The Morgan fingerprint density at radius 2 is 1.84 bits per heavy atom. The predicted molar refractivity (Wildman–Crippen MR) is 166 cm³/mol. The number of nitrogens with zero attached hydrogens (tertiary/aromatic N) is 4. The fourth-order valence-corrected chi connectivity index (χ4v) is 4.67. The highest BCUT2D eigenvalue weighted by Crippen LogP contribution is 2.45. The van der Waals surface area contributed by atoms with Crippen molar-refractivity contribution in [3.8, 4) is 5.75 Å². The monoisotopic (exact) mass is 600 g/mol. The summed E-state index contributed by atoms with van der Waals surface area (Å²) >= 11 is 0. The van der Waals surface area contributed by atoms with E-state index in [0.29, 0.717) is 35.6 Å². The highest BCUT2D eigenvalue weighted by atomic mass is 16.7. The number of methoxy groups -OCH3 is 2. The molecule has 0 spiro atoms. The molecule has 3 N–H and O–H groups in total. The average molecular weight is 601 g/mol. The Hall–Kier alpha value is -4.71. The summed E-state index contributed by atoms with van der Waals surface area (Å²) in [4.78, 5) is 22.1. The molecule has 1 aliphatic heterocycles. The standard InChI is InChI=1S/C32H36N6O6/c1-41-28(42-2)22-34-37-31(40)32(19-8-12-23-10-4-3-5-11-23)29(26-13-6-7-14-27(26)36-38-33)44-30(35-32)24-15-17-25(18-16-24)43-21-9-20-39/h3-8,10-18,28-29,34,39H,9,19-22H2,1-2H3,(H,37,40)/b12-8+/t29-,32-/m0/s1. The molecule has 0 fully saturated rings. The molecule has 0 unspecified atom stereocenters. The zero-order chi connectivity index (χ0) is 31.2. The summed E-state index contributed by atoms with van der Waals surface area (Å²) in [5.41, 5.74) is 15.8. The molecule has 0 saturated heterocycles. The van der Waals surface area contributed by atoms with Crippen molar-refractivity contribution in [1.82, 2.24) is 10.9 Å². The third-order valence-electron chi connectivity index (χ3n) is 6.94. The Morgan fingerprint density at radius 3 is 2.55 bits per heavy atom. The van der Waals surface area contributed by atoms with Gasteiger partial charge in [-0.15, -0.1) is 0 Å². The molecule has 44 heavy (non-hydrogen) atoms. The van der Waals surface area contributed by atoms with Crippen molar-refractivity contribution in [3.05, 3.63) is 112 Å². The number of azide groups is 1. The molecular weight excluding hydrogens is 564 g/mol. The summed E-state index contributed by atoms with van der Waals surface area (Å²) in [5, 5.41) is 12.9. The van der Waals surface area contributed by atoms with Crippen LogP contribution < -0.4 is 15.6 Å². The van der Waals surface area contributed by atoms with Crippen molar-refractivity contribution in [2.75, 3.05) is 34.0 Å². The molecule has 12 heteroatoms. The normalized spacial score (nSPS) is 17.6. The van der Waals surface area contributed by atoms with E-state index in [1.165, 1.54) is 14.2 Å². The van der Waals surface area contributed by atoms with E-state index >= 15 is 0 Å². The van der Waals surface area contributed by atoms with Gasteiger partial charge < -0.3 is 24.1 Å². The van der Waals surface area contributed by atoms with Crippen molar-refractivity contribution in [2.24, 2.45) is 10.1 Å². The minimum absolute atomic E-state index is 0.0384. The second kappa shape index (κ2) is 16.2. The fraction of sp³-hybridized carbons (Fsp3) is 0.312. The minimum atomic E-state index is -1.51. The highest BCUT2D eigenvalue weighted by molar-refractivity contribution is 6.01.